The van der Waals surface area contributed by atoms with Crippen LogP contribution in [0.2, 0.25) is 5.02 Å². The van der Waals surface area contributed by atoms with E-state index in [1.54, 1.807) is 4.68 Å². The fourth-order valence-corrected chi connectivity index (χ4v) is 2.84. The Hall–Kier alpha value is -1.85. The first-order chi connectivity index (χ1) is 10.8. The molecule has 0 aliphatic rings. The molecule has 1 atom stereocenters. The smallest absolute Gasteiger partial charge is 0.238 e. The number of likely N-dealkylation sites (N-methyl/N-ethyl adjacent to an activating group) is 1. The summed E-state index contributed by atoms with van der Waals surface area (Å²) in [5.41, 5.74) is 3.56. The van der Waals surface area contributed by atoms with Gasteiger partial charge in [-0.15, -0.1) is 0 Å². The van der Waals surface area contributed by atoms with Gasteiger partial charge in [-0.2, -0.15) is 5.10 Å². The Morgan fingerprint density at radius 3 is 2.61 bits per heavy atom. The van der Waals surface area contributed by atoms with E-state index in [1.165, 1.54) is 0 Å². The van der Waals surface area contributed by atoms with Gasteiger partial charge in [0.2, 0.25) is 5.91 Å². The van der Waals surface area contributed by atoms with Crippen molar-refractivity contribution in [3.8, 4) is 0 Å². The second kappa shape index (κ2) is 7.15. The molecule has 2 aromatic rings. The van der Waals surface area contributed by atoms with Crippen molar-refractivity contribution in [1.29, 1.82) is 0 Å². The predicted molar refractivity (Wildman–Crippen MR) is 93.8 cm³/mol. The van der Waals surface area contributed by atoms with Gasteiger partial charge in [0.05, 0.1) is 23.6 Å². The van der Waals surface area contributed by atoms with Crippen molar-refractivity contribution < 1.29 is 4.79 Å². The summed E-state index contributed by atoms with van der Waals surface area (Å²) >= 11 is 6.24. The standard InChI is InChI=1S/C17H23ClN4O/c1-11-17(13(3)22(5)20-11)19-16(23)10-21(4)12(2)14-8-6-7-9-15(14)18/h6-9,12H,10H2,1-5H3,(H,19,23). The van der Waals surface area contributed by atoms with Crippen LogP contribution >= 0.6 is 11.6 Å². The number of nitrogens with one attached hydrogen (secondary N) is 1. The van der Waals surface area contributed by atoms with E-state index in [0.717, 1.165) is 22.6 Å². The molecule has 0 spiro atoms. The zero-order valence-electron chi connectivity index (χ0n) is 14.2. The molecule has 1 aromatic heterocycles. The van der Waals surface area contributed by atoms with E-state index in [-0.39, 0.29) is 18.5 Å². The van der Waals surface area contributed by atoms with Gasteiger partial charge in [0.15, 0.2) is 0 Å². The van der Waals surface area contributed by atoms with Gasteiger partial charge in [0.25, 0.3) is 0 Å². The highest BCUT2D eigenvalue weighted by atomic mass is 35.5. The quantitative estimate of drug-likeness (QED) is 0.912. The Balaban J connectivity index is 2.04. The second-order valence-corrected chi connectivity index (χ2v) is 6.24. The molecule has 1 aromatic carbocycles. The summed E-state index contributed by atoms with van der Waals surface area (Å²) in [6.45, 7) is 6.14. The number of rotatable bonds is 5. The maximum absolute atomic E-state index is 12.3. The van der Waals surface area contributed by atoms with Crippen molar-refractivity contribution >= 4 is 23.2 Å². The van der Waals surface area contributed by atoms with E-state index in [9.17, 15) is 4.79 Å². The molecule has 23 heavy (non-hydrogen) atoms. The zero-order valence-corrected chi connectivity index (χ0v) is 15.0. The summed E-state index contributed by atoms with van der Waals surface area (Å²) < 4.78 is 1.76. The largest absolute Gasteiger partial charge is 0.322 e. The third-order valence-corrected chi connectivity index (χ3v) is 4.53. The number of aromatic nitrogens is 2. The number of carbonyl (C=O) groups is 1. The maximum atomic E-state index is 12.3. The fraction of sp³-hybridized carbons (Fsp3) is 0.412. The summed E-state index contributed by atoms with van der Waals surface area (Å²) in [5.74, 6) is -0.0643. The van der Waals surface area contributed by atoms with Crippen LogP contribution < -0.4 is 5.32 Å². The van der Waals surface area contributed by atoms with Crippen molar-refractivity contribution in [3.63, 3.8) is 0 Å². The molecular formula is C17H23ClN4O. The summed E-state index contributed by atoms with van der Waals surface area (Å²) in [6, 6.07) is 7.75. The highest BCUT2D eigenvalue weighted by Gasteiger charge is 2.18. The highest BCUT2D eigenvalue weighted by Crippen LogP contribution is 2.26. The van der Waals surface area contributed by atoms with Crippen LogP contribution in [-0.4, -0.2) is 34.2 Å². The van der Waals surface area contributed by atoms with Crippen molar-refractivity contribution in [2.75, 3.05) is 18.9 Å². The van der Waals surface area contributed by atoms with Gasteiger partial charge in [-0.3, -0.25) is 14.4 Å². The van der Waals surface area contributed by atoms with Crippen LogP contribution in [0.15, 0.2) is 24.3 Å². The fourth-order valence-electron chi connectivity index (χ4n) is 2.55. The SMILES string of the molecule is Cc1nn(C)c(C)c1NC(=O)CN(C)C(C)c1ccccc1Cl. The third kappa shape index (κ3) is 3.92. The van der Waals surface area contributed by atoms with Crippen molar-refractivity contribution in [2.24, 2.45) is 7.05 Å². The van der Waals surface area contributed by atoms with Crippen LogP contribution in [0, 0.1) is 13.8 Å². The van der Waals surface area contributed by atoms with Crippen LogP contribution in [0.25, 0.3) is 0 Å². The summed E-state index contributed by atoms with van der Waals surface area (Å²) in [7, 11) is 3.78. The normalized spacial score (nSPS) is 12.5. The Kier molecular flexibility index (Phi) is 5.44. The lowest BCUT2D eigenvalue weighted by atomic mass is 10.1. The van der Waals surface area contributed by atoms with E-state index < -0.39 is 0 Å². The van der Waals surface area contributed by atoms with Crippen molar-refractivity contribution in [1.82, 2.24) is 14.7 Å². The number of nitrogens with zero attached hydrogens (tertiary/aromatic N) is 3. The molecule has 5 nitrogen and oxygen atoms in total. The number of hydrogen-bond donors (Lipinski definition) is 1. The van der Waals surface area contributed by atoms with E-state index in [0.29, 0.717) is 5.02 Å². The maximum Gasteiger partial charge on any atom is 0.238 e. The monoisotopic (exact) mass is 334 g/mol. The molecule has 2 rings (SSSR count). The Bertz CT molecular complexity index is 711. The molecule has 124 valence electrons. The summed E-state index contributed by atoms with van der Waals surface area (Å²) in [6.07, 6.45) is 0. The molecule has 1 N–H and O–H groups in total. The molecule has 1 heterocycles. The second-order valence-electron chi connectivity index (χ2n) is 5.83. The number of amides is 1. The average Bonchev–Trinajstić information content (AvgIpc) is 2.73. The lowest BCUT2D eigenvalue weighted by molar-refractivity contribution is -0.117. The molecular weight excluding hydrogens is 312 g/mol. The topological polar surface area (TPSA) is 50.2 Å². The summed E-state index contributed by atoms with van der Waals surface area (Å²) in [5, 5.41) is 7.98. The van der Waals surface area contributed by atoms with Gasteiger partial charge < -0.3 is 5.32 Å². The van der Waals surface area contributed by atoms with Gasteiger partial charge in [-0.1, -0.05) is 29.8 Å². The van der Waals surface area contributed by atoms with Crippen molar-refractivity contribution in [3.05, 3.63) is 46.2 Å². The molecule has 0 fully saturated rings. The molecule has 0 saturated heterocycles. The van der Waals surface area contributed by atoms with Crippen LogP contribution in [0.4, 0.5) is 5.69 Å². The number of aryl methyl sites for hydroxylation is 2. The molecule has 6 heteroatoms. The molecule has 0 radical (unpaired) electrons. The number of anilines is 1. The van der Waals surface area contributed by atoms with E-state index in [4.69, 9.17) is 11.6 Å². The first kappa shape index (κ1) is 17.5. The number of hydrogen-bond acceptors (Lipinski definition) is 3. The van der Waals surface area contributed by atoms with Gasteiger partial charge in [0, 0.05) is 18.1 Å². The molecule has 1 unspecified atom stereocenters. The summed E-state index contributed by atoms with van der Waals surface area (Å²) in [4.78, 5) is 14.3. The molecule has 0 bridgehead atoms. The molecule has 0 aliphatic carbocycles. The van der Waals surface area contributed by atoms with Crippen LogP contribution in [0.3, 0.4) is 0 Å². The number of carbonyl (C=O) groups excluding carboxylic acids is 1. The Labute approximate surface area is 142 Å². The van der Waals surface area contributed by atoms with Gasteiger partial charge in [-0.25, -0.2) is 0 Å². The van der Waals surface area contributed by atoms with Crippen LogP contribution in [-0.2, 0) is 11.8 Å². The minimum atomic E-state index is -0.0643. The van der Waals surface area contributed by atoms with Gasteiger partial charge >= 0.3 is 0 Å². The Morgan fingerprint density at radius 2 is 2.04 bits per heavy atom. The molecule has 0 saturated carbocycles. The lowest BCUT2D eigenvalue weighted by Crippen LogP contribution is -2.32. The minimum Gasteiger partial charge on any atom is -0.322 e. The predicted octanol–water partition coefficient (Wildman–Crippen LogP) is 3.32. The average molecular weight is 335 g/mol. The van der Waals surface area contributed by atoms with E-state index >= 15 is 0 Å². The molecule has 1 amide bonds. The number of benzene rings is 1. The van der Waals surface area contributed by atoms with Crippen molar-refractivity contribution in [2.45, 2.75) is 26.8 Å². The zero-order chi connectivity index (χ0) is 17.1. The first-order valence-corrected chi connectivity index (χ1v) is 7.93. The minimum absolute atomic E-state index is 0.0468. The molecule has 0 aliphatic heterocycles. The van der Waals surface area contributed by atoms with E-state index in [2.05, 4.69) is 10.4 Å². The first-order valence-electron chi connectivity index (χ1n) is 7.56. The van der Waals surface area contributed by atoms with Gasteiger partial charge in [-0.05, 0) is 39.4 Å². The third-order valence-electron chi connectivity index (χ3n) is 4.18. The Morgan fingerprint density at radius 1 is 1.39 bits per heavy atom. The van der Waals surface area contributed by atoms with E-state index in [1.807, 2.05) is 64.0 Å². The lowest BCUT2D eigenvalue weighted by Gasteiger charge is -2.25. The number of halogens is 1. The highest BCUT2D eigenvalue weighted by molar-refractivity contribution is 6.31. The van der Waals surface area contributed by atoms with Crippen LogP contribution in [0.1, 0.15) is 29.9 Å². The van der Waals surface area contributed by atoms with Crippen LogP contribution in [0.5, 0.6) is 0 Å². The van der Waals surface area contributed by atoms with Gasteiger partial charge in [0.1, 0.15) is 0 Å².